The van der Waals surface area contributed by atoms with Gasteiger partial charge in [-0.15, -0.1) is 0 Å². The molecule has 1 N–H and O–H groups in total. The van der Waals surface area contributed by atoms with Crippen LogP contribution >= 0.6 is 11.6 Å². The second-order valence-corrected chi connectivity index (χ2v) is 7.82. The highest BCUT2D eigenvalue weighted by molar-refractivity contribution is 7.92. The van der Waals surface area contributed by atoms with Crippen LogP contribution in [0.3, 0.4) is 0 Å². The molecule has 0 radical (unpaired) electrons. The Balaban J connectivity index is 2.23. The van der Waals surface area contributed by atoms with Crippen LogP contribution in [-0.2, 0) is 15.4 Å². The van der Waals surface area contributed by atoms with Gasteiger partial charge in [-0.2, -0.15) is 0 Å². The van der Waals surface area contributed by atoms with Gasteiger partial charge in [-0.1, -0.05) is 44.5 Å². The van der Waals surface area contributed by atoms with Gasteiger partial charge in [0, 0.05) is 11.9 Å². The van der Waals surface area contributed by atoms with Crippen LogP contribution in [-0.4, -0.2) is 13.4 Å². The van der Waals surface area contributed by atoms with Crippen LogP contribution in [0.5, 0.6) is 0 Å². The van der Waals surface area contributed by atoms with Crippen molar-refractivity contribution in [2.45, 2.75) is 31.1 Å². The minimum atomic E-state index is -3.65. The smallest absolute Gasteiger partial charge is 0.263 e. The molecule has 21 heavy (non-hydrogen) atoms. The fraction of sp³-hybridized carbons (Fsp3) is 0.267. The van der Waals surface area contributed by atoms with Crippen molar-refractivity contribution in [3.8, 4) is 0 Å². The summed E-state index contributed by atoms with van der Waals surface area (Å²) in [6.45, 7) is 6.31. The quantitative estimate of drug-likeness (QED) is 0.873. The van der Waals surface area contributed by atoms with Crippen LogP contribution in [0.1, 0.15) is 26.3 Å². The van der Waals surface area contributed by atoms with Crippen LogP contribution in [0.4, 0.5) is 5.69 Å². The van der Waals surface area contributed by atoms with Gasteiger partial charge in [-0.3, -0.25) is 4.72 Å². The predicted molar refractivity (Wildman–Crippen MR) is 85.2 cm³/mol. The minimum absolute atomic E-state index is 0.0253. The summed E-state index contributed by atoms with van der Waals surface area (Å²) in [5.41, 5.74) is 1.67. The van der Waals surface area contributed by atoms with Gasteiger partial charge in [-0.05, 0) is 35.2 Å². The van der Waals surface area contributed by atoms with Crippen LogP contribution in [0.2, 0.25) is 5.15 Å². The van der Waals surface area contributed by atoms with E-state index in [0.29, 0.717) is 5.69 Å². The van der Waals surface area contributed by atoms with E-state index < -0.39 is 10.0 Å². The highest BCUT2D eigenvalue weighted by atomic mass is 35.5. The molecule has 4 nitrogen and oxygen atoms in total. The fourth-order valence-electron chi connectivity index (χ4n) is 1.77. The lowest BCUT2D eigenvalue weighted by atomic mass is 9.87. The molecular formula is C15H17ClN2O2S. The summed E-state index contributed by atoms with van der Waals surface area (Å²) in [4.78, 5) is 3.86. The van der Waals surface area contributed by atoms with Crippen LogP contribution in [0, 0.1) is 0 Å². The summed E-state index contributed by atoms with van der Waals surface area (Å²) in [5, 5.41) is 0.253. The maximum Gasteiger partial charge on any atom is 0.263 e. The average Bonchev–Trinajstić information content (AvgIpc) is 2.38. The van der Waals surface area contributed by atoms with Gasteiger partial charge >= 0.3 is 0 Å². The van der Waals surface area contributed by atoms with Crippen molar-refractivity contribution < 1.29 is 8.42 Å². The molecule has 0 aliphatic rings. The van der Waals surface area contributed by atoms with Crippen molar-refractivity contribution in [3.63, 3.8) is 0 Å². The average molecular weight is 325 g/mol. The van der Waals surface area contributed by atoms with E-state index in [1.807, 2.05) is 12.1 Å². The number of halogens is 1. The standard InChI is InChI=1S/C15H17ClN2O2S/c1-15(2,3)11-4-6-12(7-5-11)18-21(19,20)13-8-9-14(16)17-10-13/h4-10,18H,1-3H3. The molecule has 1 aromatic heterocycles. The number of benzene rings is 1. The lowest BCUT2D eigenvalue weighted by Crippen LogP contribution is -2.14. The van der Waals surface area contributed by atoms with Crippen molar-refractivity contribution in [3.05, 3.63) is 53.3 Å². The normalized spacial score (nSPS) is 12.2. The van der Waals surface area contributed by atoms with E-state index in [2.05, 4.69) is 30.5 Å². The molecule has 0 saturated carbocycles. The molecule has 0 fully saturated rings. The summed E-state index contributed by atoms with van der Waals surface area (Å²) in [5.74, 6) is 0. The summed E-state index contributed by atoms with van der Waals surface area (Å²) in [6.07, 6.45) is 1.23. The van der Waals surface area contributed by atoms with Crippen LogP contribution in [0.15, 0.2) is 47.5 Å². The third kappa shape index (κ3) is 3.95. The van der Waals surface area contributed by atoms with Crippen LogP contribution in [0.25, 0.3) is 0 Å². The molecule has 2 aromatic rings. The van der Waals surface area contributed by atoms with E-state index in [1.54, 1.807) is 12.1 Å². The van der Waals surface area contributed by atoms with Crippen molar-refractivity contribution >= 4 is 27.3 Å². The number of anilines is 1. The Bertz CT molecular complexity index is 718. The zero-order chi connectivity index (χ0) is 15.7. The molecule has 1 aromatic carbocycles. The molecule has 0 aliphatic heterocycles. The lowest BCUT2D eigenvalue weighted by molar-refractivity contribution is 0.590. The molecule has 1 heterocycles. The highest BCUT2D eigenvalue weighted by Crippen LogP contribution is 2.24. The first-order valence-corrected chi connectivity index (χ1v) is 8.29. The number of nitrogens with one attached hydrogen (secondary N) is 1. The maximum absolute atomic E-state index is 12.2. The number of nitrogens with zero attached hydrogens (tertiary/aromatic N) is 1. The Hall–Kier alpha value is -1.59. The Morgan fingerprint density at radius 1 is 1.05 bits per heavy atom. The third-order valence-corrected chi connectivity index (χ3v) is 4.60. The highest BCUT2D eigenvalue weighted by Gasteiger charge is 2.16. The molecule has 112 valence electrons. The first-order valence-electron chi connectivity index (χ1n) is 6.43. The number of aromatic nitrogens is 1. The van der Waals surface area contributed by atoms with Crippen molar-refractivity contribution in [2.24, 2.45) is 0 Å². The first-order chi connectivity index (χ1) is 9.68. The molecule has 0 saturated heterocycles. The van der Waals surface area contributed by atoms with E-state index in [0.717, 1.165) is 5.56 Å². The number of pyridine rings is 1. The summed E-state index contributed by atoms with van der Waals surface area (Å²) in [6, 6.07) is 10.2. The van der Waals surface area contributed by atoms with E-state index in [9.17, 15) is 8.42 Å². The number of hydrogen-bond donors (Lipinski definition) is 1. The Morgan fingerprint density at radius 2 is 1.67 bits per heavy atom. The lowest BCUT2D eigenvalue weighted by Gasteiger charge is -2.19. The van der Waals surface area contributed by atoms with E-state index >= 15 is 0 Å². The fourth-order valence-corrected chi connectivity index (χ4v) is 2.89. The summed E-state index contributed by atoms with van der Waals surface area (Å²) < 4.78 is 26.9. The van der Waals surface area contributed by atoms with Gasteiger partial charge in [0.05, 0.1) is 0 Å². The van der Waals surface area contributed by atoms with E-state index in [-0.39, 0.29) is 15.5 Å². The molecule has 0 aliphatic carbocycles. The van der Waals surface area contributed by atoms with Gasteiger partial charge < -0.3 is 0 Å². The molecule has 0 spiro atoms. The van der Waals surface area contributed by atoms with Crippen molar-refractivity contribution in [2.75, 3.05) is 4.72 Å². The second kappa shape index (κ2) is 5.66. The van der Waals surface area contributed by atoms with E-state index in [4.69, 9.17) is 11.6 Å². The van der Waals surface area contributed by atoms with Gasteiger partial charge in [0.15, 0.2) is 0 Å². The third-order valence-electron chi connectivity index (χ3n) is 3.01. The topological polar surface area (TPSA) is 59.1 Å². The molecular weight excluding hydrogens is 308 g/mol. The Kier molecular flexibility index (Phi) is 4.25. The SMILES string of the molecule is CC(C)(C)c1ccc(NS(=O)(=O)c2ccc(Cl)nc2)cc1. The molecule has 0 amide bonds. The Morgan fingerprint density at radius 3 is 2.14 bits per heavy atom. The molecule has 0 bridgehead atoms. The van der Waals surface area contributed by atoms with Crippen molar-refractivity contribution in [1.82, 2.24) is 4.98 Å². The van der Waals surface area contributed by atoms with Gasteiger partial charge in [0.2, 0.25) is 0 Å². The number of rotatable bonds is 3. The molecule has 6 heteroatoms. The summed E-state index contributed by atoms with van der Waals surface area (Å²) >= 11 is 5.66. The monoisotopic (exact) mass is 324 g/mol. The van der Waals surface area contributed by atoms with Crippen molar-refractivity contribution in [1.29, 1.82) is 0 Å². The van der Waals surface area contributed by atoms with Crippen LogP contribution < -0.4 is 4.72 Å². The number of hydrogen-bond acceptors (Lipinski definition) is 3. The molecule has 0 unspecified atom stereocenters. The first kappa shape index (κ1) is 15.8. The zero-order valence-electron chi connectivity index (χ0n) is 12.1. The predicted octanol–water partition coefficient (Wildman–Crippen LogP) is 3.83. The minimum Gasteiger partial charge on any atom is -0.280 e. The number of sulfonamides is 1. The zero-order valence-corrected chi connectivity index (χ0v) is 13.7. The van der Waals surface area contributed by atoms with E-state index in [1.165, 1.54) is 18.3 Å². The Labute approximate surface area is 130 Å². The molecule has 0 atom stereocenters. The summed E-state index contributed by atoms with van der Waals surface area (Å²) in [7, 11) is -3.65. The maximum atomic E-state index is 12.2. The van der Waals surface area contributed by atoms with Gasteiger partial charge in [0.1, 0.15) is 10.0 Å². The second-order valence-electron chi connectivity index (χ2n) is 5.75. The molecule has 2 rings (SSSR count). The largest absolute Gasteiger partial charge is 0.280 e. The van der Waals surface area contributed by atoms with Gasteiger partial charge in [-0.25, -0.2) is 13.4 Å². The van der Waals surface area contributed by atoms with Gasteiger partial charge in [0.25, 0.3) is 10.0 Å².